The highest BCUT2D eigenvalue weighted by Gasteiger charge is 2.15. The first kappa shape index (κ1) is 7.96. The maximum absolute atomic E-state index is 9.33. The summed E-state index contributed by atoms with van der Waals surface area (Å²) in [5, 5.41) is 9.33. The summed E-state index contributed by atoms with van der Waals surface area (Å²) < 4.78 is 10.2. The smallest absolute Gasteiger partial charge is 0.231 e. The zero-order valence-electron chi connectivity index (χ0n) is 6.86. The first-order chi connectivity index (χ1) is 6.31. The number of hydrogen-bond acceptors (Lipinski definition) is 3. The van der Waals surface area contributed by atoms with Gasteiger partial charge in [0.25, 0.3) is 0 Å². The Kier molecular flexibility index (Phi) is 1.84. The second kappa shape index (κ2) is 3.00. The zero-order chi connectivity index (χ0) is 9.26. The molecule has 1 aromatic rings. The van der Waals surface area contributed by atoms with Gasteiger partial charge in [0.1, 0.15) is 6.10 Å². The van der Waals surface area contributed by atoms with Gasteiger partial charge in [-0.3, -0.25) is 0 Å². The largest absolute Gasteiger partial charge is 0.454 e. The highest BCUT2D eigenvalue weighted by Crippen LogP contribution is 2.33. The van der Waals surface area contributed by atoms with Crippen LogP contribution in [0.15, 0.2) is 18.2 Å². The maximum Gasteiger partial charge on any atom is 0.231 e. The first-order valence-electron chi connectivity index (χ1n) is 3.85. The topological polar surface area (TPSA) is 38.7 Å². The Hall–Kier alpha value is -1.66. The van der Waals surface area contributed by atoms with E-state index < -0.39 is 6.10 Å². The van der Waals surface area contributed by atoms with Gasteiger partial charge in [0, 0.05) is 0 Å². The van der Waals surface area contributed by atoms with Crippen molar-refractivity contribution in [3.8, 4) is 23.8 Å². The minimum absolute atomic E-state index is 0.227. The molecule has 1 aliphatic heterocycles. The lowest BCUT2D eigenvalue weighted by molar-refractivity contribution is 0.173. The van der Waals surface area contributed by atoms with Crippen LogP contribution in [0.1, 0.15) is 11.7 Å². The summed E-state index contributed by atoms with van der Waals surface area (Å²) in [6.45, 7) is 0.227. The van der Waals surface area contributed by atoms with Crippen LogP contribution >= 0.6 is 0 Å². The van der Waals surface area contributed by atoms with E-state index in [9.17, 15) is 5.11 Å². The molecule has 2 rings (SSSR count). The van der Waals surface area contributed by atoms with Gasteiger partial charge in [-0.05, 0) is 17.7 Å². The lowest BCUT2D eigenvalue weighted by Crippen LogP contribution is -1.93. The zero-order valence-corrected chi connectivity index (χ0v) is 6.86. The van der Waals surface area contributed by atoms with Crippen molar-refractivity contribution in [3.05, 3.63) is 23.8 Å². The molecule has 0 unspecified atom stereocenters. The fraction of sp³-hybridized carbons (Fsp3) is 0.200. The van der Waals surface area contributed by atoms with E-state index in [-0.39, 0.29) is 6.79 Å². The van der Waals surface area contributed by atoms with Gasteiger partial charge in [0.15, 0.2) is 11.5 Å². The summed E-state index contributed by atoms with van der Waals surface area (Å²) in [5.74, 6) is 3.55. The number of ether oxygens (including phenoxy) is 2. The van der Waals surface area contributed by atoms with Crippen molar-refractivity contribution >= 4 is 0 Å². The minimum atomic E-state index is -0.880. The fourth-order valence-electron chi connectivity index (χ4n) is 1.18. The average molecular weight is 176 g/mol. The molecule has 3 heteroatoms. The normalized spacial score (nSPS) is 15.1. The van der Waals surface area contributed by atoms with E-state index >= 15 is 0 Å². The van der Waals surface area contributed by atoms with Crippen molar-refractivity contribution in [3.63, 3.8) is 0 Å². The van der Waals surface area contributed by atoms with Crippen molar-refractivity contribution in [2.24, 2.45) is 0 Å². The number of terminal acetylenes is 1. The van der Waals surface area contributed by atoms with E-state index in [1.165, 1.54) is 0 Å². The molecule has 1 atom stereocenters. The third-order valence-corrected chi connectivity index (χ3v) is 1.87. The van der Waals surface area contributed by atoms with Crippen LogP contribution in [0.25, 0.3) is 0 Å². The molecule has 66 valence electrons. The van der Waals surface area contributed by atoms with Crippen molar-refractivity contribution in [2.75, 3.05) is 6.79 Å². The highest BCUT2D eigenvalue weighted by molar-refractivity contribution is 5.45. The molecule has 0 spiro atoms. The molecule has 13 heavy (non-hydrogen) atoms. The van der Waals surface area contributed by atoms with Crippen molar-refractivity contribution < 1.29 is 14.6 Å². The van der Waals surface area contributed by atoms with Gasteiger partial charge in [-0.1, -0.05) is 12.0 Å². The van der Waals surface area contributed by atoms with Crippen molar-refractivity contribution in [1.29, 1.82) is 0 Å². The van der Waals surface area contributed by atoms with E-state index in [1.54, 1.807) is 18.2 Å². The summed E-state index contributed by atoms with van der Waals surface area (Å²) in [5.41, 5.74) is 0.645. The van der Waals surface area contributed by atoms with E-state index in [1.807, 2.05) is 0 Å². The number of hydrogen-bond donors (Lipinski definition) is 1. The molecule has 1 aromatic carbocycles. The van der Waals surface area contributed by atoms with Crippen LogP contribution in [-0.2, 0) is 0 Å². The summed E-state index contributed by atoms with van der Waals surface area (Å²) in [4.78, 5) is 0. The highest BCUT2D eigenvalue weighted by atomic mass is 16.7. The van der Waals surface area contributed by atoms with Gasteiger partial charge >= 0.3 is 0 Å². The van der Waals surface area contributed by atoms with Crippen LogP contribution < -0.4 is 9.47 Å². The molecule has 1 N–H and O–H groups in total. The van der Waals surface area contributed by atoms with Crippen molar-refractivity contribution in [1.82, 2.24) is 0 Å². The molecule has 0 aromatic heterocycles. The van der Waals surface area contributed by atoms with Gasteiger partial charge < -0.3 is 14.6 Å². The van der Waals surface area contributed by atoms with Crippen LogP contribution in [0.3, 0.4) is 0 Å². The molecule has 1 heterocycles. The summed E-state index contributed by atoms with van der Waals surface area (Å²) in [6.07, 6.45) is 4.20. The first-order valence-corrected chi connectivity index (χ1v) is 3.85. The minimum Gasteiger partial charge on any atom is -0.454 e. The Balaban J connectivity index is 2.37. The van der Waals surface area contributed by atoms with Crippen molar-refractivity contribution in [2.45, 2.75) is 6.10 Å². The Morgan fingerprint density at radius 2 is 2.15 bits per heavy atom. The maximum atomic E-state index is 9.33. The summed E-state index contributed by atoms with van der Waals surface area (Å²) in [7, 11) is 0. The third kappa shape index (κ3) is 1.32. The van der Waals surface area contributed by atoms with Gasteiger partial charge in [-0.2, -0.15) is 0 Å². The van der Waals surface area contributed by atoms with Crippen LogP contribution in [-0.4, -0.2) is 11.9 Å². The number of aliphatic hydroxyl groups is 1. The summed E-state index contributed by atoms with van der Waals surface area (Å²) >= 11 is 0. The molecule has 0 bridgehead atoms. The van der Waals surface area contributed by atoms with Crippen LogP contribution in [0.5, 0.6) is 11.5 Å². The lowest BCUT2D eigenvalue weighted by atomic mass is 10.1. The molecule has 0 saturated heterocycles. The van der Waals surface area contributed by atoms with E-state index in [2.05, 4.69) is 5.92 Å². The third-order valence-electron chi connectivity index (χ3n) is 1.87. The Morgan fingerprint density at radius 1 is 1.38 bits per heavy atom. The molecular formula is C10H8O3. The second-order valence-corrected chi connectivity index (χ2v) is 2.68. The molecule has 0 aliphatic carbocycles. The standard InChI is InChI=1S/C10H8O3/c1-2-8(11)7-3-4-9-10(5-7)13-6-12-9/h1,3-5,8,11H,6H2/t8-/m1/s1. The molecule has 0 fully saturated rings. The van der Waals surface area contributed by atoms with E-state index in [4.69, 9.17) is 15.9 Å². The molecule has 0 radical (unpaired) electrons. The second-order valence-electron chi connectivity index (χ2n) is 2.68. The number of aliphatic hydroxyl groups excluding tert-OH is 1. The van der Waals surface area contributed by atoms with E-state index in [0.717, 1.165) is 0 Å². The Bertz CT molecular complexity index is 365. The van der Waals surface area contributed by atoms with Gasteiger partial charge in [-0.15, -0.1) is 6.42 Å². The molecule has 1 aliphatic rings. The molecule has 0 amide bonds. The lowest BCUT2D eigenvalue weighted by Gasteiger charge is -2.03. The monoisotopic (exact) mass is 176 g/mol. The predicted molar refractivity (Wildman–Crippen MR) is 46.4 cm³/mol. The molecule has 0 saturated carbocycles. The van der Waals surface area contributed by atoms with Crippen LogP contribution in [0.4, 0.5) is 0 Å². The number of benzene rings is 1. The van der Waals surface area contributed by atoms with Gasteiger partial charge in [0.2, 0.25) is 6.79 Å². The Labute approximate surface area is 75.9 Å². The van der Waals surface area contributed by atoms with Crippen LogP contribution in [0, 0.1) is 12.3 Å². The Morgan fingerprint density at radius 3 is 2.92 bits per heavy atom. The quantitative estimate of drug-likeness (QED) is 0.651. The fourth-order valence-corrected chi connectivity index (χ4v) is 1.18. The van der Waals surface area contributed by atoms with E-state index in [0.29, 0.717) is 17.1 Å². The van der Waals surface area contributed by atoms with Gasteiger partial charge in [0.05, 0.1) is 0 Å². The van der Waals surface area contributed by atoms with Crippen LogP contribution in [0.2, 0.25) is 0 Å². The summed E-state index contributed by atoms with van der Waals surface area (Å²) in [6, 6.07) is 5.14. The predicted octanol–water partition coefficient (Wildman–Crippen LogP) is 1.08. The van der Waals surface area contributed by atoms with Gasteiger partial charge in [-0.25, -0.2) is 0 Å². The molecule has 3 nitrogen and oxygen atoms in total. The molecular weight excluding hydrogens is 168 g/mol. The average Bonchev–Trinajstić information content (AvgIpc) is 2.63. The SMILES string of the molecule is C#C[C@@H](O)c1ccc2c(c1)OCO2. The number of fused-ring (bicyclic) bond motifs is 1. The number of rotatable bonds is 1.